The Labute approximate surface area is 136 Å². The average molecular weight is 313 g/mol. The molecular weight excluding hydrogens is 302 g/mol. The first-order chi connectivity index (χ1) is 11.4. The SMILES string of the molecule is c1ccc2nc(-c3ccc4sc5ncccc5c4n3)ccc2c1. The maximum atomic E-state index is 4.85. The Morgan fingerprint density at radius 1 is 0.739 bits per heavy atom. The molecule has 0 fully saturated rings. The molecule has 3 nitrogen and oxygen atoms in total. The Morgan fingerprint density at radius 3 is 2.61 bits per heavy atom. The van der Waals surface area contributed by atoms with Gasteiger partial charge in [0.2, 0.25) is 0 Å². The Balaban J connectivity index is 1.76. The smallest absolute Gasteiger partial charge is 0.126 e. The number of hydrogen-bond acceptors (Lipinski definition) is 4. The third kappa shape index (κ3) is 1.99. The second-order valence-electron chi connectivity index (χ2n) is 5.39. The lowest BCUT2D eigenvalue weighted by Gasteiger charge is -2.03. The van der Waals surface area contributed by atoms with Gasteiger partial charge in [-0.15, -0.1) is 11.3 Å². The van der Waals surface area contributed by atoms with E-state index in [1.165, 1.54) is 0 Å². The molecule has 0 aliphatic rings. The molecule has 0 spiro atoms. The van der Waals surface area contributed by atoms with Gasteiger partial charge in [-0.2, -0.15) is 0 Å². The summed E-state index contributed by atoms with van der Waals surface area (Å²) in [7, 11) is 0. The van der Waals surface area contributed by atoms with Gasteiger partial charge in [0.25, 0.3) is 0 Å². The predicted octanol–water partition coefficient (Wildman–Crippen LogP) is 5.06. The van der Waals surface area contributed by atoms with Crippen molar-refractivity contribution in [1.29, 1.82) is 0 Å². The van der Waals surface area contributed by atoms with Gasteiger partial charge in [0, 0.05) is 17.0 Å². The number of hydrogen-bond donors (Lipinski definition) is 0. The van der Waals surface area contributed by atoms with Crippen LogP contribution in [0, 0.1) is 0 Å². The average Bonchev–Trinajstić information content (AvgIpc) is 2.99. The van der Waals surface area contributed by atoms with Crippen LogP contribution in [0.2, 0.25) is 0 Å². The number of rotatable bonds is 1. The van der Waals surface area contributed by atoms with Gasteiger partial charge in [-0.1, -0.05) is 24.3 Å². The van der Waals surface area contributed by atoms with Crippen molar-refractivity contribution in [3.63, 3.8) is 0 Å². The Bertz CT molecular complexity index is 1180. The first kappa shape index (κ1) is 12.7. The molecule has 5 aromatic rings. The van der Waals surface area contributed by atoms with Gasteiger partial charge in [-0.05, 0) is 36.4 Å². The van der Waals surface area contributed by atoms with Crippen LogP contribution in [0.5, 0.6) is 0 Å². The van der Waals surface area contributed by atoms with Crippen LogP contribution in [-0.4, -0.2) is 15.0 Å². The zero-order chi connectivity index (χ0) is 15.2. The summed E-state index contributed by atoms with van der Waals surface area (Å²) in [5.41, 5.74) is 3.79. The summed E-state index contributed by atoms with van der Waals surface area (Å²) in [4.78, 5) is 15.0. The van der Waals surface area contributed by atoms with E-state index in [4.69, 9.17) is 9.97 Å². The number of benzene rings is 1. The molecule has 0 unspecified atom stereocenters. The number of pyridine rings is 3. The van der Waals surface area contributed by atoms with Crippen LogP contribution in [0.4, 0.5) is 0 Å². The van der Waals surface area contributed by atoms with E-state index in [0.29, 0.717) is 0 Å². The van der Waals surface area contributed by atoms with E-state index in [1.54, 1.807) is 11.3 Å². The summed E-state index contributed by atoms with van der Waals surface area (Å²) in [6.45, 7) is 0. The number of aromatic nitrogens is 3. The van der Waals surface area contributed by atoms with Gasteiger partial charge in [0.15, 0.2) is 0 Å². The molecule has 23 heavy (non-hydrogen) atoms. The van der Waals surface area contributed by atoms with Crippen LogP contribution < -0.4 is 0 Å². The molecule has 0 radical (unpaired) electrons. The Morgan fingerprint density at radius 2 is 1.61 bits per heavy atom. The predicted molar refractivity (Wildman–Crippen MR) is 95.7 cm³/mol. The Hall–Kier alpha value is -2.85. The molecule has 4 aromatic heterocycles. The molecule has 1 aromatic carbocycles. The summed E-state index contributed by atoms with van der Waals surface area (Å²) in [5, 5.41) is 2.25. The summed E-state index contributed by atoms with van der Waals surface area (Å²) < 4.78 is 1.16. The molecule has 0 aliphatic carbocycles. The zero-order valence-corrected chi connectivity index (χ0v) is 12.9. The van der Waals surface area contributed by atoms with Crippen molar-refractivity contribution in [2.75, 3.05) is 0 Å². The van der Waals surface area contributed by atoms with Crippen molar-refractivity contribution >= 4 is 42.7 Å². The second kappa shape index (κ2) is 4.83. The fourth-order valence-corrected chi connectivity index (χ4v) is 3.81. The van der Waals surface area contributed by atoms with Crippen LogP contribution >= 0.6 is 11.3 Å². The van der Waals surface area contributed by atoms with Crippen LogP contribution in [-0.2, 0) is 0 Å². The van der Waals surface area contributed by atoms with Gasteiger partial charge < -0.3 is 0 Å². The molecule has 108 valence electrons. The fraction of sp³-hybridized carbons (Fsp3) is 0. The lowest BCUT2D eigenvalue weighted by Crippen LogP contribution is -1.88. The van der Waals surface area contributed by atoms with Gasteiger partial charge in [0.1, 0.15) is 4.83 Å². The minimum Gasteiger partial charge on any atom is -0.246 e. The largest absolute Gasteiger partial charge is 0.246 e. The third-order valence-corrected chi connectivity index (χ3v) is 5.02. The lowest BCUT2D eigenvalue weighted by atomic mass is 10.1. The van der Waals surface area contributed by atoms with E-state index in [2.05, 4.69) is 29.2 Å². The van der Waals surface area contributed by atoms with Crippen molar-refractivity contribution in [3.05, 3.63) is 66.9 Å². The topological polar surface area (TPSA) is 38.7 Å². The minimum atomic E-state index is 0.895. The molecule has 0 N–H and O–H groups in total. The molecule has 0 aliphatic heterocycles. The first-order valence-corrected chi connectivity index (χ1v) is 8.21. The van der Waals surface area contributed by atoms with Gasteiger partial charge in [-0.25, -0.2) is 15.0 Å². The molecule has 0 saturated carbocycles. The minimum absolute atomic E-state index is 0.895. The number of nitrogens with zero attached hydrogens (tertiary/aromatic N) is 3. The molecule has 0 saturated heterocycles. The highest BCUT2D eigenvalue weighted by Gasteiger charge is 2.09. The zero-order valence-electron chi connectivity index (χ0n) is 12.1. The van der Waals surface area contributed by atoms with Crippen LogP contribution in [0.1, 0.15) is 0 Å². The van der Waals surface area contributed by atoms with E-state index in [1.807, 2.05) is 42.6 Å². The van der Waals surface area contributed by atoms with Crippen LogP contribution in [0.15, 0.2) is 66.9 Å². The lowest BCUT2D eigenvalue weighted by molar-refractivity contribution is 1.33. The summed E-state index contributed by atoms with van der Waals surface area (Å²) >= 11 is 1.67. The van der Waals surface area contributed by atoms with Gasteiger partial charge in [0.05, 0.1) is 27.1 Å². The summed E-state index contributed by atoms with van der Waals surface area (Å²) in [6.07, 6.45) is 1.82. The number of para-hydroxylation sites is 1. The fourth-order valence-electron chi connectivity index (χ4n) is 2.83. The monoisotopic (exact) mass is 313 g/mol. The second-order valence-corrected chi connectivity index (χ2v) is 6.42. The van der Waals surface area contributed by atoms with Crippen molar-refractivity contribution in [3.8, 4) is 11.4 Å². The Kier molecular flexibility index (Phi) is 2.66. The number of fused-ring (bicyclic) bond motifs is 4. The molecule has 4 heterocycles. The van der Waals surface area contributed by atoms with Gasteiger partial charge >= 0.3 is 0 Å². The molecule has 0 atom stereocenters. The van der Waals surface area contributed by atoms with Crippen molar-refractivity contribution in [2.24, 2.45) is 0 Å². The number of thiophene rings is 1. The highest BCUT2D eigenvalue weighted by atomic mass is 32.1. The van der Waals surface area contributed by atoms with Crippen LogP contribution in [0.3, 0.4) is 0 Å². The van der Waals surface area contributed by atoms with Crippen molar-refractivity contribution in [2.45, 2.75) is 0 Å². The van der Waals surface area contributed by atoms with Crippen molar-refractivity contribution in [1.82, 2.24) is 15.0 Å². The maximum absolute atomic E-state index is 4.85. The molecule has 0 bridgehead atoms. The first-order valence-electron chi connectivity index (χ1n) is 7.39. The normalized spacial score (nSPS) is 11.5. The molecule has 5 rings (SSSR count). The van der Waals surface area contributed by atoms with E-state index in [0.717, 1.165) is 42.7 Å². The molecule has 4 heteroatoms. The van der Waals surface area contributed by atoms with E-state index in [-0.39, 0.29) is 0 Å². The van der Waals surface area contributed by atoms with Crippen molar-refractivity contribution < 1.29 is 0 Å². The summed E-state index contributed by atoms with van der Waals surface area (Å²) in [5.74, 6) is 0. The quantitative estimate of drug-likeness (QED) is 0.434. The highest BCUT2D eigenvalue weighted by Crippen LogP contribution is 2.32. The summed E-state index contributed by atoms with van der Waals surface area (Å²) in [6, 6.07) is 20.4. The van der Waals surface area contributed by atoms with Crippen LogP contribution in [0.25, 0.3) is 42.7 Å². The van der Waals surface area contributed by atoms with E-state index >= 15 is 0 Å². The third-order valence-electron chi connectivity index (χ3n) is 3.95. The van der Waals surface area contributed by atoms with E-state index in [9.17, 15) is 0 Å². The van der Waals surface area contributed by atoms with Gasteiger partial charge in [-0.3, -0.25) is 0 Å². The standard InChI is InChI=1S/C19H11N3S/c1-2-6-14-12(4-1)7-8-15(21-14)16-9-10-17-18(22-16)13-5-3-11-20-19(13)23-17/h1-11H. The highest BCUT2D eigenvalue weighted by molar-refractivity contribution is 7.25. The van der Waals surface area contributed by atoms with E-state index < -0.39 is 0 Å². The maximum Gasteiger partial charge on any atom is 0.126 e. The molecular formula is C19H11N3S. The molecule has 0 amide bonds.